The normalized spacial score (nSPS) is 17.0. The molecular formula is C15H13FIN3OS2. The van der Waals surface area contributed by atoms with Crippen molar-refractivity contribution in [3.8, 4) is 6.07 Å². The molecule has 1 unspecified atom stereocenters. The van der Waals surface area contributed by atoms with Crippen LogP contribution in [0.1, 0.15) is 17.7 Å². The molecule has 23 heavy (non-hydrogen) atoms. The molecule has 0 aliphatic carbocycles. The van der Waals surface area contributed by atoms with Crippen LogP contribution in [-0.4, -0.2) is 31.8 Å². The van der Waals surface area contributed by atoms with Crippen LogP contribution in [0, 0.1) is 17.1 Å². The van der Waals surface area contributed by atoms with Crippen LogP contribution in [0.4, 0.5) is 4.39 Å². The topological polar surface area (TPSA) is 49.0 Å². The van der Waals surface area contributed by atoms with E-state index in [1.165, 1.54) is 21.3 Å². The zero-order valence-corrected chi connectivity index (χ0v) is 16.0. The van der Waals surface area contributed by atoms with Gasteiger partial charge in [-0.1, -0.05) is 6.08 Å². The van der Waals surface area contributed by atoms with E-state index in [0.717, 1.165) is 17.7 Å². The Hall–Kier alpha value is -0.890. The first kappa shape index (κ1) is 17.0. The zero-order valence-electron chi connectivity index (χ0n) is 12.3. The summed E-state index contributed by atoms with van der Waals surface area (Å²) >= 11 is 2.14. The first-order valence-electron chi connectivity index (χ1n) is 6.88. The molecule has 3 rings (SSSR count). The lowest BCUT2D eigenvalue weighted by Gasteiger charge is -2.23. The molecule has 0 saturated heterocycles. The third-order valence-corrected chi connectivity index (χ3v) is 6.68. The van der Waals surface area contributed by atoms with Crippen LogP contribution in [-0.2, 0) is 11.0 Å². The second-order valence-electron chi connectivity index (χ2n) is 5.15. The standard InChI is InChI=1S/C15H13FIN3OS2/c1-23(21)19-6-4-10(5-7-19)14-8-12-13(16)3-2-11(9-18)15(12)20(14)22-17/h2-4,8H,5-7H2,1H3. The number of nitrogens with zero attached hydrogens (tertiary/aromatic N) is 3. The Morgan fingerprint density at radius 1 is 1.48 bits per heavy atom. The van der Waals surface area contributed by atoms with Gasteiger partial charge in [0.05, 0.1) is 27.8 Å². The highest BCUT2D eigenvalue weighted by Crippen LogP contribution is 2.36. The van der Waals surface area contributed by atoms with Gasteiger partial charge in [-0.05, 0) is 30.2 Å². The predicted octanol–water partition coefficient (Wildman–Crippen LogP) is 3.88. The van der Waals surface area contributed by atoms with Crippen molar-refractivity contribution in [3.05, 3.63) is 41.3 Å². The van der Waals surface area contributed by atoms with Crippen LogP contribution < -0.4 is 0 Å². The van der Waals surface area contributed by atoms with E-state index in [9.17, 15) is 13.9 Å². The van der Waals surface area contributed by atoms with E-state index >= 15 is 0 Å². The fraction of sp³-hybridized carbons (Fsp3) is 0.267. The number of hydrogen-bond acceptors (Lipinski definition) is 3. The minimum Gasteiger partial charge on any atom is -0.274 e. The first-order chi connectivity index (χ1) is 11.1. The summed E-state index contributed by atoms with van der Waals surface area (Å²) in [7, 11) is 0.443. The van der Waals surface area contributed by atoms with Gasteiger partial charge in [-0.2, -0.15) is 5.26 Å². The van der Waals surface area contributed by atoms with Crippen molar-refractivity contribution in [2.75, 3.05) is 19.3 Å². The average Bonchev–Trinajstić information content (AvgIpc) is 2.96. The number of nitriles is 1. The number of aromatic nitrogens is 1. The Balaban J connectivity index is 2.14. The van der Waals surface area contributed by atoms with E-state index in [0.29, 0.717) is 29.6 Å². The Morgan fingerprint density at radius 2 is 2.26 bits per heavy atom. The summed E-state index contributed by atoms with van der Waals surface area (Å²) < 4.78 is 29.5. The fourth-order valence-electron chi connectivity index (χ4n) is 2.76. The number of halogens is 2. The van der Waals surface area contributed by atoms with Crippen molar-refractivity contribution in [1.29, 1.82) is 5.26 Å². The molecule has 0 fully saturated rings. The molecule has 1 aromatic heterocycles. The lowest BCUT2D eigenvalue weighted by atomic mass is 10.1. The molecule has 4 nitrogen and oxygen atoms in total. The smallest absolute Gasteiger partial charge is 0.132 e. The minimum atomic E-state index is -0.982. The zero-order chi connectivity index (χ0) is 16.6. The van der Waals surface area contributed by atoms with Crippen molar-refractivity contribution in [3.63, 3.8) is 0 Å². The molecule has 1 atom stereocenters. The van der Waals surface area contributed by atoms with Crippen molar-refractivity contribution in [2.45, 2.75) is 6.42 Å². The molecule has 0 amide bonds. The van der Waals surface area contributed by atoms with Crippen LogP contribution in [0.25, 0.3) is 16.5 Å². The number of fused-ring (bicyclic) bond motifs is 1. The largest absolute Gasteiger partial charge is 0.274 e. The van der Waals surface area contributed by atoms with Crippen LogP contribution in [0.5, 0.6) is 0 Å². The molecule has 120 valence electrons. The van der Waals surface area contributed by atoms with Gasteiger partial charge in [-0.15, -0.1) is 0 Å². The van der Waals surface area contributed by atoms with Crippen LogP contribution >= 0.6 is 30.3 Å². The maximum absolute atomic E-state index is 14.2. The summed E-state index contributed by atoms with van der Waals surface area (Å²) in [6.45, 7) is 1.31. The van der Waals surface area contributed by atoms with Crippen molar-refractivity contribution >= 4 is 57.8 Å². The Bertz CT molecular complexity index is 872. The maximum atomic E-state index is 14.2. The fourth-order valence-corrected chi connectivity index (χ4v) is 5.13. The highest BCUT2D eigenvalue weighted by molar-refractivity contribution is 14.2. The van der Waals surface area contributed by atoms with E-state index in [4.69, 9.17) is 0 Å². The van der Waals surface area contributed by atoms with E-state index in [2.05, 4.69) is 27.3 Å². The van der Waals surface area contributed by atoms with Crippen molar-refractivity contribution < 1.29 is 8.60 Å². The number of benzene rings is 1. The molecule has 2 aromatic rings. The van der Waals surface area contributed by atoms with Crippen LogP contribution in [0.2, 0.25) is 0 Å². The van der Waals surface area contributed by atoms with Gasteiger partial charge in [-0.25, -0.2) is 12.9 Å². The van der Waals surface area contributed by atoms with Gasteiger partial charge >= 0.3 is 0 Å². The van der Waals surface area contributed by atoms with E-state index in [1.807, 2.05) is 20.4 Å². The molecule has 1 aliphatic heterocycles. The monoisotopic (exact) mass is 461 g/mol. The summed E-state index contributed by atoms with van der Waals surface area (Å²) in [4.78, 5) is 0. The highest BCUT2D eigenvalue weighted by atomic mass is 127. The molecule has 1 aliphatic rings. The summed E-state index contributed by atoms with van der Waals surface area (Å²) in [6.07, 6.45) is 4.45. The molecule has 0 N–H and O–H groups in total. The SMILES string of the molecule is CS(=O)N1CC=C(c2cc3c(F)ccc(C#N)c3n2SI)CC1. The van der Waals surface area contributed by atoms with Crippen molar-refractivity contribution in [1.82, 2.24) is 8.28 Å². The maximum Gasteiger partial charge on any atom is 0.132 e. The number of hydrogen-bond donors (Lipinski definition) is 0. The molecular weight excluding hydrogens is 448 g/mol. The first-order valence-corrected chi connectivity index (χ1v) is 11.7. The van der Waals surface area contributed by atoms with E-state index in [-0.39, 0.29) is 5.82 Å². The summed E-state index contributed by atoms with van der Waals surface area (Å²) in [5.41, 5.74) is 3.08. The van der Waals surface area contributed by atoms with Gasteiger partial charge in [0.1, 0.15) is 11.9 Å². The second kappa shape index (κ2) is 6.93. The van der Waals surface area contributed by atoms with Gasteiger partial charge in [-0.3, -0.25) is 3.97 Å². The molecule has 2 heterocycles. The third kappa shape index (κ3) is 3.07. The quantitative estimate of drug-likeness (QED) is 0.652. The highest BCUT2D eigenvalue weighted by Gasteiger charge is 2.21. The Morgan fingerprint density at radius 3 is 2.83 bits per heavy atom. The van der Waals surface area contributed by atoms with Crippen LogP contribution in [0.15, 0.2) is 24.3 Å². The molecule has 1 aromatic carbocycles. The number of rotatable bonds is 3. The van der Waals surface area contributed by atoms with Gasteiger partial charge in [0, 0.05) is 55.1 Å². The summed E-state index contributed by atoms with van der Waals surface area (Å²) in [5, 5.41) is 9.77. The second-order valence-corrected chi connectivity index (χ2v) is 8.20. The average molecular weight is 461 g/mol. The molecule has 0 spiro atoms. The summed E-state index contributed by atoms with van der Waals surface area (Å²) in [5.74, 6) is -0.322. The predicted molar refractivity (Wildman–Crippen MR) is 102 cm³/mol. The van der Waals surface area contributed by atoms with Gasteiger partial charge in [0.25, 0.3) is 0 Å². The lowest BCUT2D eigenvalue weighted by molar-refractivity contribution is 0.486. The summed E-state index contributed by atoms with van der Waals surface area (Å²) in [6, 6.07) is 6.80. The van der Waals surface area contributed by atoms with Crippen molar-refractivity contribution in [2.24, 2.45) is 0 Å². The Labute approximate surface area is 152 Å². The minimum absolute atomic E-state index is 0.322. The van der Waals surface area contributed by atoms with E-state index < -0.39 is 11.0 Å². The molecule has 0 bridgehead atoms. The van der Waals surface area contributed by atoms with Gasteiger partial charge in [0.15, 0.2) is 0 Å². The van der Waals surface area contributed by atoms with Gasteiger partial charge < -0.3 is 0 Å². The van der Waals surface area contributed by atoms with Crippen LogP contribution in [0.3, 0.4) is 0 Å². The molecule has 0 saturated carbocycles. The lowest BCUT2D eigenvalue weighted by Crippen LogP contribution is -2.29. The molecule has 0 radical (unpaired) electrons. The third-order valence-electron chi connectivity index (χ3n) is 3.92. The van der Waals surface area contributed by atoms with E-state index in [1.54, 1.807) is 6.26 Å². The van der Waals surface area contributed by atoms with Gasteiger partial charge in [0.2, 0.25) is 0 Å². The Kier molecular flexibility index (Phi) is 5.10. The molecule has 8 heteroatoms.